The van der Waals surface area contributed by atoms with Crippen LogP contribution in [0.2, 0.25) is 0 Å². The number of likely N-dealkylation sites (tertiary alicyclic amines) is 1. The number of aryl methyl sites for hydroxylation is 1. The highest BCUT2D eigenvalue weighted by molar-refractivity contribution is 5.88. The minimum Gasteiger partial charge on any atom is -0.456 e. The van der Waals surface area contributed by atoms with Crippen molar-refractivity contribution in [3.63, 3.8) is 0 Å². The van der Waals surface area contributed by atoms with Gasteiger partial charge in [-0.05, 0) is 75.7 Å². The van der Waals surface area contributed by atoms with Gasteiger partial charge in [0.25, 0.3) is 0 Å². The normalized spacial score (nSPS) is 17.9. The maximum Gasteiger partial charge on any atom is 0.232 e. The van der Waals surface area contributed by atoms with E-state index in [0.29, 0.717) is 23.6 Å². The second-order valence-corrected chi connectivity index (χ2v) is 10.6. The predicted molar refractivity (Wildman–Crippen MR) is 149 cm³/mol. The molecule has 1 atom stereocenters. The highest BCUT2D eigenvalue weighted by Gasteiger charge is 2.41. The van der Waals surface area contributed by atoms with Crippen molar-refractivity contribution in [2.24, 2.45) is 0 Å². The summed E-state index contributed by atoms with van der Waals surface area (Å²) < 4.78 is 8.55. The van der Waals surface area contributed by atoms with Crippen LogP contribution in [-0.4, -0.2) is 59.5 Å². The van der Waals surface area contributed by atoms with Crippen molar-refractivity contribution in [2.45, 2.75) is 57.9 Å². The molecule has 0 aliphatic carbocycles. The van der Waals surface area contributed by atoms with Gasteiger partial charge in [0.1, 0.15) is 23.4 Å². The van der Waals surface area contributed by atoms with Crippen LogP contribution in [0.25, 0.3) is 0 Å². The first-order valence-electron chi connectivity index (χ1n) is 13.5. The predicted octanol–water partition coefficient (Wildman–Crippen LogP) is 5.30. The van der Waals surface area contributed by atoms with Crippen LogP contribution in [0.4, 0.5) is 0 Å². The van der Waals surface area contributed by atoms with Gasteiger partial charge in [0.05, 0.1) is 11.0 Å². The molecule has 7 heteroatoms. The van der Waals surface area contributed by atoms with Crippen molar-refractivity contribution >= 4 is 5.91 Å². The fourth-order valence-electron chi connectivity index (χ4n) is 5.43. The molecular weight excluding hydrogens is 474 g/mol. The molecule has 38 heavy (non-hydrogen) atoms. The fourth-order valence-corrected chi connectivity index (χ4v) is 5.43. The molecular formula is C31H39N5O2. The topological polar surface area (TPSA) is 74.4 Å². The number of hydrogen-bond donors (Lipinski definition) is 0. The largest absolute Gasteiger partial charge is 0.456 e. The third-order valence-corrected chi connectivity index (χ3v) is 7.78. The number of nitriles is 1. The van der Waals surface area contributed by atoms with E-state index in [4.69, 9.17) is 4.74 Å². The average Bonchev–Trinajstić information content (AvgIpc) is 3.18. The summed E-state index contributed by atoms with van der Waals surface area (Å²) in [4.78, 5) is 22.0. The maximum atomic E-state index is 13.4. The first-order chi connectivity index (χ1) is 18.3. The van der Waals surface area contributed by atoms with Crippen molar-refractivity contribution in [1.82, 2.24) is 19.4 Å². The quantitative estimate of drug-likeness (QED) is 0.388. The van der Waals surface area contributed by atoms with Gasteiger partial charge in [-0.15, -0.1) is 0 Å². The minimum atomic E-state index is -0.549. The van der Waals surface area contributed by atoms with E-state index in [1.807, 2.05) is 67.5 Å². The Balaban J connectivity index is 1.62. The second kappa shape index (κ2) is 11.8. The van der Waals surface area contributed by atoms with Gasteiger partial charge < -0.3 is 19.1 Å². The number of likely N-dealkylation sites (N-methyl/N-ethyl adjacent to an activating group) is 2. The van der Waals surface area contributed by atoms with Crippen LogP contribution in [0.5, 0.6) is 11.5 Å². The van der Waals surface area contributed by atoms with E-state index in [0.717, 1.165) is 62.1 Å². The molecule has 2 aromatic carbocycles. The first-order valence-corrected chi connectivity index (χ1v) is 13.5. The highest BCUT2D eigenvalue weighted by atomic mass is 16.5. The van der Waals surface area contributed by atoms with Gasteiger partial charge in [0, 0.05) is 45.0 Å². The van der Waals surface area contributed by atoms with Crippen LogP contribution in [0.1, 0.15) is 60.8 Å². The fraction of sp³-hybridized carbons (Fsp3) is 0.452. The number of carbonyl (C=O) groups excluding carboxylic acids is 1. The Morgan fingerprint density at radius 3 is 2.74 bits per heavy atom. The van der Waals surface area contributed by atoms with Crippen LogP contribution in [-0.2, 0) is 23.2 Å². The Morgan fingerprint density at radius 1 is 1.18 bits per heavy atom. The number of benzene rings is 2. The highest BCUT2D eigenvalue weighted by Crippen LogP contribution is 2.39. The van der Waals surface area contributed by atoms with Crippen molar-refractivity contribution < 1.29 is 9.53 Å². The van der Waals surface area contributed by atoms with Crippen LogP contribution in [0.3, 0.4) is 0 Å². The molecule has 3 aromatic rings. The molecule has 200 valence electrons. The number of nitrogens with zero attached hydrogens (tertiary/aromatic N) is 5. The molecule has 1 fully saturated rings. The zero-order valence-electron chi connectivity index (χ0n) is 23.3. The summed E-state index contributed by atoms with van der Waals surface area (Å²) in [7, 11) is 6.04. The Labute approximate surface area is 226 Å². The summed E-state index contributed by atoms with van der Waals surface area (Å²) in [5, 5.41) is 9.79. The molecule has 0 spiro atoms. The summed E-state index contributed by atoms with van der Waals surface area (Å²) in [5.41, 5.74) is 3.12. The van der Waals surface area contributed by atoms with Crippen molar-refractivity contribution in [2.75, 3.05) is 34.2 Å². The number of imidazole rings is 1. The summed E-state index contributed by atoms with van der Waals surface area (Å²) in [6.45, 7) is 6.49. The lowest BCUT2D eigenvalue weighted by molar-refractivity contribution is -0.135. The Morgan fingerprint density at radius 2 is 2.00 bits per heavy atom. The second-order valence-electron chi connectivity index (χ2n) is 10.6. The van der Waals surface area contributed by atoms with Gasteiger partial charge in [-0.2, -0.15) is 5.26 Å². The van der Waals surface area contributed by atoms with Gasteiger partial charge >= 0.3 is 0 Å². The number of amides is 1. The Bertz CT molecular complexity index is 1320. The summed E-state index contributed by atoms with van der Waals surface area (Å²) in [6, 6.07) is 15.9. The molecule has 2 heterocycles. The van der Waals surface area contributed by atoms with Crippen LogP contribution < -0.4 is 4.74 Å². The molecule has 0 N–H and O–H groups in total. The molecule has 1 aliphatic rings. The van der Waals surface area contributed by atoms with Crippen LogP contribution in [0.15, 0.2) is 48.7 Å². The monoisotopic (exact) mass is 513 g/mol. The molecule has 0 bridgehead atoms. The number of rotatable bonds is 9. The summed E-state index contributed by atoms with van der Waals surface area (Å²) >= 11 is 0. The van der Waals surface area contributed by atoms with E-state index >= 15 is 0 Å². The van der Waals surface area contributed by atoms with E-state index in [-0.39, 0.29) is 5.91 Å². The van der Waals surface area contributed by atoms with Crippen molar-refractivity contribution in [3.05, 3.63) is 76.9 Å². The summed E-state index contributed by atoms with van der Waals surface area (Å²) in [5.74, 6) is 2.29. The van der Waals surface area contributed by atoms with E-state index in [9.17, 15) is 10.1 Å². The van der Waals surface area contributed by atoms with Crippen molar-refractivity contribution in [3.8, 4) is 17.6 Å². The minimum absolute atomic E-state index is 0.176. The smallest absolute Gasteiger partial charge is 0.232 e. The average molecular weight is 514 g/mol. The van der Waals surface area contributed by atoms with E-state index in [1.54, 1.807) is 0 Å². The molecule has 1 amide bonds. The molecule has 7 nitrogen and oxygen atoms in total. The molecule has 0 radical (unpaired) electrons. The van der Waals surface area contributed by atoms with Gasteiger partial charge in [-0.1, -0.05) is 31.5 Å². The lowest BCUT2D eigenvalue weighted by Crippen LogP contribution is -2.43. The zero-order chi connectivity index (χ0) is 27.3. The zero-order valence-corrected chi connectivity index (χ0v) is 23.3. The van der Waals surface area contributed by atoms with Crippen LogP contribution >= 0.6 is 0 Å². The summed E-state index contributed by atoms with van der Waals surface area (Å²) in [6.07, 6.45) is 6.45. The van der Waals surface area contributed by atoms with E-state index in [2.05, 4.69) is 41.5 Å². The standard InChI is InChI=1S/C31H39N5O2/c1-6-31(15-7-8-16-35(5)30(31)37)26-10-9-11-28(19-26)38-29-18-24(12-13-25(29)20-32)22-36-23(2)33-21-27(36)14-17-34(3)4/h9-13,18-19,21H,6-8,14-17,22H2,1-5H3/t31-/m0/s1. The van der Waals surface area contributed by atoms with Gasteiger partial charge in [0.2, 0.25) is 5.91 Å². The van der Waals surface area contributed by atoms with Gasteiger partial charge in [-0.3, -0.25) is 4.79 Å². The molecule has 0 unspecified atom stereocenters. The number of ether oxygens (including phenoxy) is 1. The molecule has 1 saturated heterocycles. The third-order valence-electron chi connectivity index (χ3n) is 7.78. The molecule has 0 saturated carbocycles. The number of aromatic nitrogens is 2. The molecule has 1 aliphatic heterocycles. The molecule has 4 rings (SSSR count). The third kappa shape index (κ3) is 5.76. The van der Waals surface area contributed by atoms with Crippen molar-refractivity contribution in [1.29, 1.82) is 5.26 Å². The molecule has 1 aromatic heterocycles. The van der Waals surface area contributed by atoms with Crippen LogP contribution in [0, 0.1) is 18.3 Å². The first kappa shape index (κ1) is 27.4. The van der Waals surface area contributed by atoms with Gasteiger partial charge in [0.15, 0.2) is 0 Å². The lowest BCUT2D eigenvalue weighted by atomic mass is 9.73. The number of carbonyl (C=O) groups is 1. The maximum absolute atomic E-state index is 13.4. The number of hydrogen-bond acceptors (Lipinski definition) is 5. The SMILES string of the molecule is CC[C@@]1(c2cccc(Oc3cc(Cn4c(CCN(C)C)cnc4C)ccc3C#N)c2)CCCCN(C)C1=O. The Hall–Kier alpha value is -3.63. The van der Waals surface area contributed by atoms with E-state index < -0.39 is 5.41 Å². The lowest BCUT2D eigenvalue weighted by Gasteiger charge is -2.33. The Kier molecular flexibility index (Phi) is 8.53. The van der Waals surface area contributed by atoms with Gasteiger partial charge in [-0.25, -0.2) is 4.98 Å². The van der Waals surface area contributed by atoms with E-state index in [1.165, 1.54) is 5.69 Å².